The second-order valence-electron chi connectivity index (χ2n) is 7.01. The summed E-state index contributed by atoms with van der Waals surface area (Å²) >= 11 is 6.37. The van der Waals surface area contributed by atoms with E-state index in [-0.39, 0.29) is 5.91 Å². The van der Waals surface area contributed by atoms with Gasteiger partial charge in [0.15, 0.2) is 11.5 Å². The number of hydrogen-bond donors (Lipinski definition) is 1. The number of hydrogen-bond acceptors (Lipinski definition) is 6. The normalized spacial score (nSPS) is 13.5. The van der Waals surface area contributed by atoms with Gasteiger partial charge < -0.3 is 19.9 Å². The van der Waals surface area contributed by atoms with Gasteiger partial charge in [-0.2, -0.15) is 5.10 Å². The lowest BCUT2D eigenvalue weighted by Crippen LogP contribution is -2.32. The molecular weight excluding hydrogens is 418 g/mol. The number of carbonyl (C=O) groups is 1. The monoisotopic (exact) mass is 445 g/mol. The molecule has 0 aromatic heterocycles. The number of rotatable bonds is 9. The zero-order valence-electron chi connectivity index (χ0n) is 17.9. The van der Waals surface area contributed by atoms with Crippen molar-refractivity contribution in [2.75, 3.05) is 33.4 Å². The van der Waals surface area contributed by atoms with E-state index in [2.05, 4.69) is 5.10 Å². The van der Waals surface area contributed by atoms with Crippen LogP contribution >= 0.6 is 11.6 Å². The van der Waals surface area contributed by atoms with Crippen molar-refractivity contribution in [1.82, 2.24) is 5.01 Å². The third-order valence-electron chi connectivity index (χ3n) is 4.84. The van der Waals surface area contributed by atoms with Crippen LogP contribution in [0.2, 0.25) is 5.02 Å². The van der Waals surface area contributed by atoms with Gasteiger partial charge in [0.25, 0.3) is 5.91 Å². The Labute approximate surface area is 187 Å². The summed E-state index contributed by atoms with van der Waals surface area (Å²) in [4.78, 5) is 13.1. The van der Waals surface area contributed by atoms with Crippen LogP contribution in [0.3, 0.4) is 0 Å². The molecule has 0 bridgehead atoms. The molecule has 1 aliphatic heterocycles. The van der Waals surface area contributed by atoms with Gasteiger partial charge in [-0.3, -0.25) is 4.79 Å². The Bertz CT molecular complexity index is 948. The average Bonchev–Trinajstić information content (AvgIpc) is 2.79. The van der Waals surface area contributed by atoms with Crippen LogP contribution < -0.4 is 19.9 Å². The molecule has 2 aromatic rings. The number of ether oxygens (including phenoxy) is 3. The molecule has 0 fully saturated rings. The van der Waals surface area contributed by atoms with E-state index in [0.717, 1.165) is 30.5 Å². The summed E-state index contributed by atoms with van der Waals surface area (Å²) in [5.41, 5.74) is 7.59. The summed E-state index contributed by atoms with van der Waals surface area (Å²) in [5.74, 6) is 1.69. The van der Waals surface area contributed by atoms with Gasteiger partial charge in [-0.1, -0.05) is 11.6 Å². The smallest absolute Gasteiger partial charge is 0.275 e. The van der Waals surface area contributed by atoms with Crippen molar-refractivity contribution in [3.05, 3.63) is 52.5 Å². The number of carbonyl (C=O) groups excluding carboxylic acids is 1. The van der Waals surface area contributed by atoms with Crippen molar-refractivity contribution in [3.63, 3.8) is 0 Å². The van der Waals surface area contributed by atoms with Crippen LogP contribution in [0.25, 0.3) is 0 Å². The number of nitrogens with two attached hydrogens (primary N) is 1. The van der Waals surface area contributed by atoms with Gasteiger partial charge in [0.2, 0.25) is 0 Å². The lowest BCUT2D eigenvalue weighted by Gasteiger charge is -2.24. The molecule has 1 heterocycles. The van der Waals surface area contributed by atoms with Crippen LogP contribution in [-0.4, -0.2) is 50.0 Å². The second kappa shape index (κ2) is 11.0. The quantitative estimate of drug-likeness (QED) is 0.587. The molecule has 2 aromatic carbocycles. The summed E-state index contributed by atoms with van der Waals surface area (Å²) in [6.07, 6.45) is 2.32. The Morgan fingerprint density at radius 2 is 2.03 bits per heavy atom. The number of benzene rings is 2. The first kappa shape index (κ1) is 22.9. The Morgan fingerprint density at radius 1 is 1.19 bits per heavy atom. The van der Waals surface area contributed by atoms with Crippen molar-refractivity contribution in [1.29, 1.82) is 0 Å². The van der Waals surface area contributed by atoms with E-state index in [1.165, 1.54) is 5.01 Å². The first-order chi connectivity index (χ1) is 15.1. The van der Waals surface area contributed by atoms with E-state index in [4.69, 9.17) is 31.5 Å². The minimum Gasteiger partial charge on any atom is -0.493 e. The van der Waals surface area contributed by atoms with Gasteiger partial charge in [0, 0.05) is 12.1 Å². The number of amides is 1. The molecule has 2 N–H and O–H groups in total. The van der Waals surface area contributed by atoms with Crippen molar-refractivity contribution < 1.29 is 19.0 Å². The molecule has 0 unspecified atom stereocenters. The van der Waals surface area contributed by atoms with Crippen LogP contribution in [-0.2, 0) is 0 Å². The zero-order valence-corrected chi connectivity index (χ0v) is 18.7. The largest absolute Gasteiger partial charge is 0.493 e. The molecule has 166 valence electrons. The molecule has 0 spiro atoms. The minimum absolute atomic E-state index is 0.241. The first-order valence-corrected chi connectivity index (χ1v) is 10.8. The molecule has 8 heteroatoms. The van der Waals surface area contributed by atoms with Crippen molar-refractivity contribution in [3.8, 4) is 17.2 Å². The third kappa shape index (κ3) is 5.68. The summed E-state index contributed by atoms with van der Waals surface area (Å²) in [7, 11) is 1.61. The average molecular weight is 446 g/mol. The van der Waals surface area contributed by atoms with Crippen LogP contribution in [0.4, 0.5) is 0 Å². The molecule has 0 radical (unpaired) electrons. The highest BCUT2D eigenvalue weighted by atomic mass is 35.5. The topological polar surface area (TPSA) is 86.4 Å². The highest BCUT2D eigenvalue weighted by Gasteiger charge is 2.23. The third-order valence-corrected chi connectivity index (χ3v) is 5.16. The predicted molar refractivity (Wildman–Crippen MR) is 122 cm³/mol. The lowest BCUT2D eigenvalue weighted by molar-refractivity contribution is 0.0752. The van der Waals surface area contributed by atoms with Gasteiger partial charge in [-0.05, 0) is 69.1 Å². The Morgan fingerprint density at radius 3 is 2.74 bits per heavy atom. The number of methoxy groups -OCH3 is 1. The molecule has 7 nitrogen and oxygen atoms in total. The summed E-state index contributed by atoms with van der Waals surface area (Å²) < 4.78 is 16.6. The SMILES string of the molecule is CCOc1cc(C2=NN(C(=O)c3ccc(OCCCN)cc3Cl)CCC2)ccc1OC. The molecule has 0 atom stereocenters. The molecular formula is C23H28ClN3O4. The van der Waals surface area contributed by atoms with E-state index < -0.39 is 0 Å². The number of hydrazone groups is 1. The van der Waals surface area contributed by atoms with Gasteiger partial charge in [-0.25, -0.2) is 5.01 Å². The maximum Gasteiger partial charge on any atom is 0.275 e. The number of nitrogens with zero attached hydrogens (tertiary/aromatic N) is 2. The molecule has 1 amide bonds. The summed E-state index contributed by atoms with van der Waals surface area (Å²) in [6, 6.07) is 10.7. The van der Waals surface area contributed by atoms with Gasteiger partial charge in [0.1, 0.15) is 5.75 Å². The number of halogens is 1. The minimum atomic E-state index is -0.241. The maximum absolute atomic E-state index is 13.1. The van der Waals surface area contributed by atoms with Gasteiger partial charge in [0.05, 0.1) is 36.6 Å². The van der Waals surface area contributed by atoms with Crippen molar-refractivity contribution in [2.24, 2.45) is 10.8 Å². The van der Waals surface area contributed by atoms with E-state index in [1.54, 1.807) is 25.3 Å². The molecule has 1 aliphatic rings. The lowest BCUT2D eigenvalue weighted by atomic mass is 10.0. The van der Waals surface area contributed by atoms with E-state index in [1.807, 2.05) is 25.1 Å². The van der Waals surface area contributed by atoms with E-state index in [0.29, 0.717) is 54.1 Å². The molecule has 0 saturated heterocycles. The Kier molecular flexibility index (Phi) is 8.14. The summed E-state index contributed by atoms with van der Waals surface area (Å²) in [6.45, 7) is 4.04. The maximum atomic E-state index is 13.1. The van der Waals surface area contributed by atoms with E-state index >= 15 is 0 Å². The van der Waals surface area contributed by atoms with Gasteiger partial charge in [-0.15, -0.1) is 0 Å². The van der Waals surface area contributed by atoms with Crippen LogP contribution in [0, 0.1) is 0 Å². The Hall–Kier alpha value is -2.77. The van der Waals surface area contributed by atoms with Crippen LogP contribution in [0.1, 0.15) is 42.1 Å². The molecule has 0 saturated carbocycles. The van der Waals surface area contributed by atoms with Crippen LogP contribution in [0.15, 0.2) is 41.5 Å². The fourth-order valence-corrected chi connectivity index (χ4v) is 3.54. The van der Waals surface area contributed by atoms with E-state index in [9.17, 15) is 4.79 Å². The van der Waals surface area contributed by atoms with Crippen molar-refractivity contribution >= 4 is 23.2 Å². The van der Waals surface area contributed by atoms with Crippen LogP contribution in [0.5, 0.6) is 17.2 Å². The summed E-state index contributed by atoms with van der Waals surface area (Å²) in [5, 5.41) is 6.42. The second-order valence-corrected chi connectivity index (χ2v) is 7.42. The fraction of sp³-hybridized carbons (Fsp3) is 0.391. The predicted octanol–water partition coefficient (Wildman–Crippen LogP) is 4.12. The molecule has 31 heavy (non-hydrogen) atoms. The van der Waals surface area contributed by atoms with Gasteiger partial charge >= 0.3 is 0 Å². The first-order valence-electron chi connectivity index (χ1n) is 10.4. The highest BCUT2D eigenvalue weighted by Crippen LogP contribution is 2.30. The standard InChI is InChI=1S/C23H28ClN3O4/c1-3-30-22-14-16(7-10-21(22)29-2)20-6-4-12-27(26-20)23(28)18-9-8-17(15-19(18)24)31-13-5-11-25/h7-10,14-15H,3-6,11-13,25H2,1-2H3. The zero-order chi connectivity index (χ0) is 22.2. The molecule has 3 rings (SSSR count). The highest BCUT2D eigenvalue weighted by molar-refractivity contribution is 6.34. The molecule has 0 aliphatic carbocycles. The Balaban J connectivity index is 1.80. The van der Waals surface area contributed by atoms with Crippen molar-refractivity contribution in [2.45, 2.75) is 26.2 Å². The fourth-order valence-electron chi connectivity index (χ4n) is 3.29.